The molecule has 4 heteroatoms. The lowest BCUT2D eigenvalue weighted by Crippen LogP contribution is -2.23. The summed E-state index contributed by atoms with van der Waals surface area (Å²) in [5, 5.41) is 3.41. The maximum Gasteiger partial charge on any atom is 0.250 e. The van der Waals surface area contributed by atoms with Crippen molar-refractivity contribution in [3.63, 3.8) is 0 Å². The molecule has 1 fully saturated rings. The maximum atomic E-state index is 11.1. The van der Waals surface area contributed by atoms with Crippen molar-refractivity contribution in [1.82, 2.24) is 15.3 Å². The van der Waals surface area contributed by atoms with E-state index in [1.807, 2.05) is 0 Å². The lowest BCUT2D eigenvalue weighted by molar-refractivity contribution is 0.466. The molecule has 0 saturated carbocycles. The van der Waals surface area contributed by atoms with Gasteiger partial charge >= 0.3 is 0 Å². The first-order valence-corrected chi connectivity index (χ1v) is 5.59. The third kappa shape index (κ3) is 3.16. The van der Waals surface area contributed by atoms with Gasteiger partial charge in [-0.25, -0.2) is 4.98 Å². The lowest BCUT2D eigenvalue weighted by atomic mass is 9.99. The lowest BCUT2D eigenvalue weighted by Gasteiger charge is -2.12. The molecule has 0 amide bonds. The topological polar surface area (TPSA) is 57.8 Å². The van der Waals surface area contributed by atoms with E-state index in [-0.39, 0.29) is 5.56 Å². The molecule has 1 atom stereocenters. The highest BCUT2D eigenvalue weighted by Gasteiger charge is 2.13. The van der Waals surface area contributed by atoms with Crippen LogP contribution in [0, 0.1) is 5.92 Å². The van der Waals surface area contributed by atoms with Gasteiger partial charge in [-0.2, -0.15) is 0 Å². The molecule has 1 unspecified atom stereocenters. The number of rotatable bonds is 2. The number of nitrogens with zero attached hydrogens (tertiary/aromatic N) is 1. The Morgan fingerprint density at radius 3 is 3.27 bits per heavy atom. The van der Waals surface area contributed by atoms with E-state index < -0.39 is 0 Å². The average Bonchev–Trinajstić information content (AvgIpc) is 2.46. The molecule has 0 spiro atoms. The van der Waals surface area contributed by atoms with Crippen molar-refractivity contribution in [1.29, 1.82) is 0 Å². The highest BCUT2D eigenvalue weighted by Crippen LogP contribution is 2.14. The monoisotopic (exact) mass is 207 g/mol. The van der Waals surface area contributed by atoms with Gasteiger partial charge in [-0.3, -0.25) is 4.79 Å². The SMILES string of the molecule is O=c1ccnc(CC2CCCCNC2)[nH]1. The molecule has 2 rings (SSSR count). The summed E-state index contributed by atoms with van der Waals surface area (Å²) in [5.74, 6) is 1.43. The minimum Gasteiger partial charge on any atom is -0.316 e. The molecule has 1 aromatic heterocycles. The van der Waals surface area contributed by atoms with Gasteiger partial charge in [-0.05, 0) is 31.8 Å². The van der Waals surface area contributed by atoms with Gasteiger partial charge < -0.3 is 10.3 Å². The average molecular weight is 207 g/mol. The molecule has 1 aliphatic rings. The van der Waals surface area contributed by atoms with Gasteiger partial charge in [0.15, 0.2) is 0 Å². The van der Waals surface area contributed by atoms with Gasteiger partial charge in [0.25, 0.3) is 5.56 Å². The molecule has 0 bridgehead atoms. The molecule has 4 nitrogen and oxygen atoms in total. The number of aromatic amines is 1. The van der Waals surface area contributed by atoms with E-state index in [9.17, 15) is 4.79 Å². The van der Waals surface area contributed by atoms with Gasteiger partial charge in [0.05, 0.1) is 0 Å². The van der Waals surface area contributed by atoms with E-state index in [1.54, 1.807) is 6.20 Å². The van der Waals surface area contributed by atoms with Crippen LogP contribution in [0.4, 0.5) is 0 Å². The Balaban J connectivity index is 1.98. The summed E-state index contributed by atoms with van der Waals surface area (Å²) in [5.41, 5.74) is -0.0541. The van der Waals surface area contributed by atoms with E-state index in [1.165, 1.54) is 25.3 Å². The minimum absolute atomic E-state index is 0.0541. The van der Waals surface area contributed by atoms with Crippen LogP contribution in [0.5, 0.6) is 0 Å². The fourth-order valence-electron chi connectivity index (χ4n) is 2.05. The number of aromatic nitrogens is 2. The summed E-state index contributed by atoms with van der Waals surface area (Å²) >= 11 is 0. The van der Waals surface area contributed by atoms with Crippen LogP contribution in [0.15, 0.2) is 17.1 Å². The fraction of sp³-hybridized carbons (Fsp3) is 0.636. The van der Waals surface area contributed by atoms with Crippen LogP contribution >= 0.6 is 0 Å². The summed E-state index contributed by atoms with van der Waals surface area (Å²) in [6.45, 7) is 2.16. The zero-order chi connectivity index (χ0) is 10.5. The highest BCUT2D eigenvalue weighted by atomic mass is 16.1. The van der Waals surface area contributed by atoms with Crippen LogP contribution in [-0.4, -0.2) is 23.1 Å². The summed E-state index contributed by atoms with van der Waals surface area (Å²) < 4.78 is 0. The smallest absolute Gasteiger partial charge is 0.250 e. The molecule has 15 heavy (non-hydrogen) atoms. The molecule has 2 heterocycles. The number of nitrogens with one attached hydrogen (secondary N) is 2. The fourth-order valence-corrected chi connectivity index (χ4v) is 2.05. The van der Waals surface area contributed by atoms with Crippen molar-refractivity contribution >= 4 is 0 Å². The van der Waals surface area contributed by atoms with Gasteiger partial charge in [-0.1, -0.05) is 6.42 Å². The number of hydrogen-bond donors (Lipinski definition) is 2. The molecular formula is C11H17N3O. The van der Waals surface area contributed by atoms with Gasteiger partial charge in [0, 0.05) is 18.7 Å². The molecule has 0 aliphatic carbocycles. The molecule has 1 aromatic rings. The van der Waals surface area contributed by atoms with Crippen LogP contribution in [0.25, 0.3) is 0 Å². The standard InChI is InChI=1S/C11H17N3O/c15-11-4-6-13-10(14-11)7-9-3-1-2-5-12-8-9/h4,6,9,12H,1-3,5,7-8H2,(H,13,14,15). The summed E-state index contributed by atoms with van der Waals surface area (Å²) in [4.78, 5) is 18.1. The van der Waals surface area contributed by atoms with Crippen molar-refractivity contribution < 1.29 is 0 Å². The van der Waals surface area contributed by atoms with Crippen LogP contribution in [-0.2, 0) is 6.42 Å². The van der Waals surface area contributed by atoms with Crippen LogP contribution in [0.3, 0.4) is 0 Å². The van der Waals surface area contributed by atoms with Crippen molar-refractivity contribution in [2.45, 2.75) is 25.7 Å². The molecule has 0 aromatic carbocycles. The van der Waals surface area contributed by atoms with Crippen molar-refractivity contribution in [2.24, 2.45) is 5.92 Å². The van der Waals surface area contributed by atoms with Gasteiger partial charge in [0.2, 0.25) is 0 Å². The zero-order valence-corrected chi connectivity index (χ0v) is 8.83. The Hall–Kier alpha value is -1.16. The molecule has 2 N–H and O–H groups in total. The zero-order valence-electron chi connectivity index (χ0n) is 8.83. The van der Waals surface area contributed by atoms with Crippen LogP contribution in [0.2, 0.25) is 0 Å². The highest BCUT2D eigenvalue weighted by molar-refractivity contribution is 4.91. The van der Waals surface area contributed by atoms with Crippen molar-refractivity contribution in [3.05, 3.63) is 28.4 Å². The second-order valence-corrected chi connectivity index (χ2v) is 4.15. The molecular weight excluding hydrogens is 190 g/mol. The summed E-state index contributed by atoms with van der Waals surface area (Å²) in [7, 11) is 0. The van der Waals surface area contributed by atoms with Crippen LogP contribution in [0.1, 0.15) is 25.1 Å². The third-order valence-electron chi connectivity index (χ3n) is 2.85. The van der Waals surface area contributed by atoms with E-state index in [2.05, 4.69) is 15.3 Å². The third-order valence-corrected chi connectivity index (χ3v) is 2.85. The minimum atomic E-state index is -0.0541. The van der Waals surface area contributed by atoms with E-state index >= 15 is 0 Å². The van der Waals surface area contributed by atoms with Crippen molar-refractivity contribution in [3.8, 4) is 0 Å². The summed E-state index contributed by atoms with van der Waals surface area (Å²) in [6.07, 6.45) is 6.22. The van der Waals surface area contributed by atoms with Crippen molar-refractivity contribution in [2.75, 3.05) is 13.1 Å². The Bertz CT molecular complexity index is 353. The van der Waals surface area contributed by atoms with E-state index in [0.29, 0.717) is 5.92 Å². The second-order valence-electron chi connectivity index (χ2n) is 4.15. The number of hydrogen-bond acceptors (Lipinski definition) is 3. The predicted molar refractivity (Wildman–Crippen MR) is 58.8 cm³/mol. The number of H-pyrrole nitrogens is 1. The normalized spacial score (nSPS) is 22.3. The van der Waals surface area contributed by atoms with E-state index in [0.717, 1.165) is 25.3 Å². The summed E-state index contributed by atoms with van der Waals surface area (Å²) in [6, 6.07) is 1.45. The predicted octanol–water partition coefficient (Wildman–Crippen LogP) is 0.702. The van der Waals surface area contributed by atoms with Crippen LogP contribution < -0.4 is 10.9 Å². The molecule has 1 saturated heterocycles. The molecule has 1 aliphatic heterocycles. The van der Waals surface area contributed by atoms with Gasteiger partial charge in [-0.15, -0.1) is 0 Å². The first-order valence-electron chi connectivity index (χ1n) is 5.59. The largest absolute Gasteiger partial charge is 0.316 e. The maximum absolute atomic E-state index is 11.1. The Labute approximate surface area is 89.1 Å². The Morgan fingerprint density at radius 2 is 2.40 bits per heavy atom. The first-order chi connectivity index (χ1) is 7.34. The Kier molecular flexibility index (Phi) is 3.50. The second kappa shape index (κ2) is 5.07. The van der Waals surface area contributed by atoms with E-state index in [4.69, 9.17) is 0 Å². The quantitative estimate of drug-likeness (QED) is 0.750. The molecule has 0 radical (unpaired) electrons. The molecule has 82 valence electrons. The first kappa shape index (κ1) is 10.4. The Morgan fingerprint density at radius 1 is 1.47 bits per heavy atom. The van der Waals surface area contributed by atoms with Gasteiger partial charge in [0.1, 0.15) is 5.82 Å².